The summed E-state index contributed by atoms with van der Waals surface area (Å²) in [7, 11) is 0. The maximum absolute atomic E-state index is 9.07. The van der Waals surface area contributed by atoms with Crippen LogP contribution in [0.2, 0.25) is 0 Å². The van der Waals surface area contributed by atoms with Gasteiger partial charge in [-0.15, -0.1) is 0 Å². The summed E-state index contributed by atoms with van der Waals surface area (Å²) < 4.78 is 5.03. The summed E-state index contributed by atoms with van der Waals surface area (Å²) in [6.45, 7) is 1.75. The Hall–Kier alpha value is -1.61. The molecule has 0 saturated carbocycles. The molecule has 14 heavy (non-hydrogen) atoms. The van der Waals surface area contributed by atoms with Crippen LogP contribution in [-0.2, 0) is 6.61 Å². The highest BCUT2D eigenvalue weighted by Gasteiger charge is 2.12. The smallest absolute Gasteiger partial charge is 0.141 e. The van der Waals surface area contributed by atoms with Crippen LogP contribution in [0.25, 0.3) is 11.1 Å². The van der Waals surface area contributed by atoms with Gasteiger partial charge in [-0.1, -0.05) is 35.5 Å². The van der Waals surface area contributed by atoms with Crippen molar-refractivity contribution in [1.82, 2.24) is 5.16 Å². The van der Waals surface area contributed by atoms with Gasteiger partial charge in [0.15, 0.2) is 0 Å². The second kappa shape index (κ2) is 3.64. The third-order valence-corrected chi connectivity index (χ3v) is 2.15. The number of hydrogen-bond donors (Lipinski definition) is 1. The monoisotopic (exact) mass is 189 g/mol. The molecular formula is C11H11NO2. The van der Waals surface area contributed by atoms with E-state index in [2.05, 4.69) is 5.16 Å². The highest BCUT2D eigenvalue weighted by Crippen LogP contribution is 2.26. The van der Waals surface area contributed by atoms with Gasteiger partial charge in [0.25, 0.3) is 0 Å². The lowest BCUT2D eigenvalue weighted by atomic mass is 10.0. The Morgan fingerprint density at radius 2 is 2.00 bits per heavy atom. The van der Waals surface area contributed by atoms with E-state index in [1.54, 1.807) is 0 Å². The normalized spacial score (nSPS) is 10.4. The van der Waals surface area contributed by atoms with Crippen LogP contribution < -0.4 is 0 Å². The van der Waals surface area contributed by atoms with Crippen LogP contribution in [0.4, 0.5) is 0 Å². The third-order valence-electron chi connectivity index (χ3n) is 2.15. The molecule has 1 heterocycles. The molecule has 0 radical (unpaired) electrons. The number of benzene rings is 1. The van der Waals surface area contributed by atoms with E-state index in [1.165, 1.54) is 0 Å². The van der Waals surface area contributed by atoms with E-state index in [-0.39, 0.29) is 6.61 Å². The van der Waals surface area contributed by atoms with Crippen molar-refractivity contribution < 1.29 is 9.63 Å². The number of hydrogen-bond acceptors (Lipinski definition) is 3. The molecule has 72 valence electrons. The van der Waals surface area contributed by atoms with Crippen molar-refractivity contribution in [1.29, 1.82) is 0 Å². The molecule has 2 rings (SSSR count). The van der Waals surface area contributed by atoms with Crippen LogP contribution in [0.15, 0.2) is 34.9 Å². The van der Waals surface area contributed by atoms with Crippen LogP contribution in [0.1, 0.15) is 11.5 Å². The topological polar surface area (TPSA) is 46.3 Å². The fraction of sp³-hybridized carbons (Fsp3) is 0.182. The summed E-state index contributed by atoms with van der Waals surface area (Å²) in [5.74, 6) is 0.736. The quantitative estimate of drug-likeness (QED) is 0.787. The lowest BCUT2D eigenvalue weighted by Gasteiger charge is -1.99. The largest absolute Gasteiger partial charge is 0.390 e. The molecule has 0 amide bonds. The average Bonchev–Trinajstić information content (AvgIpc) is 2.61. The van der Waals surface area contributed by atoms with Crippen molar-refractivity contribution >= 4 is 0 Å². The molecule has 1 N–H and O–H groups in total. The molecule has 0 unspecified atom stereocenters. The average molecular weight is 189 g/mol. The SMILES string of the molecule is Cc1onc(CO)c1-c1ccccc1. The maximum atomic E-state index is 9.07. The summed E-state index contributed by atoms with van der Waals surface area (Å²) in [6, 6.07) is 9.79. The van der Waals surface area contributed by atoms with E-state index in [9.17, 15) is 0 Å². The van der Waals surface area contributed by atoms with E-state index in [4.69, 9.17) is 9.63 Å². The second-order valence-corrected chi connectivity index (χ2v) is 3.08. The fourth-order valence-electron chi connectivity index (χ4n) is 1.50. The summed E-state index contributed by atoms with van der Waals surface area (Å²) in [5.41, 5.74) is 2.51. The predicted octanol–water partition coefficient (Wildman–Crippen LogP) is 2.14. The highest BCUT2D eigenvalue weighted by atomic mass is 16.5. The van der Waals surface area contributed by atoms with Gasteiger partial charge in [-0.2, -0.15) is 0 Å². The molecule has 0 aliphatic carbocycles. The number of aromatic nitrogens is 1. The first-order valence-corrected chi connectivity index (χ1v) is 4.44. The van der Waals surface area contributed by atoms with Gasteiger partial charge >= 0.3 is 0 Å². The van der Waals surface area contributed by atoms with Crippen molar-refractivity contribution in [3.8, 4) is 11.1 Å². The molecule has 0 saturated heterocycles. The molecule has 3 nitrogen and oxygen atoms in total. The zero-order chi connectivity index (χ0) is 9.97. The Morgan fingerprint density at radius 3 is 2.64 bits per heavy atom. The first-order valence-electron chi connectivity index (χ1n) is 4.44. The van der Waals surface area contributed by atoms with Gasteiger partial charge in [0, 0.05) is 5.56 Å². The van der Waals surface area contributed by atoms with Crippen LogP contribution in [-0.4, -0.2) is 10.3 Å². The van der Waals surface area contributed by atoms with E-state index in [0.29, 0.717) is 5.69 Å². The van der Waals surface area contributed by atoms with Crippen LogP contribution >= 0.6 is 0 Å². The van der Waals surface area contributed by atoms with Crippen LogP contribution in [0.5, 0.6) is 0 Å². The third kappa shape index (κ3) is 1.42. The zero-order valence-corrected chi connectivity index (χ0v) is 7.90. The predicted molar refractivity (Wildman–Crippen MR) is 52.6 cm³/mol. The molecule has 1 aromatic carbocycles. The van der Waals surface area contributed by atoms with Crippen molar-refractivity contribution in [3.63, 3.8) is 0 Å². The summed E-state index contributed by atoms with van der Waals surface area (Å²) in [4.78, 5) is 0. The van der Waals surface area contributed by atoms with Gasteiger partial charge in [0.05, 0.1) is 6.61 Å². The lowest BCUT2D eigenvalue weighted by Crippen LogP contribution is -1.87. The number of aliphatic hydroxyl groups excluding tert-OH is 1. The van der Waals surface area contributed by atoms with Gasteiger partial charge in [-0.05, 0) is 12.5 Å². The van der Waals surface area contributed by atoms with Crippen molar-refractivity contribution in [2.75, 3.05) is 0 Å². The molecule has 0 aliphatic heterocycles. The number of aliphatic hydroxyl groups is 1. The zero-order valence-electron chi connectivity index (χ0n) is 7.90. The highest BCUT2D eigenvalue weighted by molar-refractivity contribution is 5.67. The van der Waals surface area contributed by atoms with Gasteiger partial charge < -0.3 is 9.63 Å². The Labute approximate surface area is 82.0 Å². The molecule has 0 atom stereocenters. The minimum atomic E-state index is -0.0957. The minimum Gasteiger partial charge on any atom is -0.390 e. The molecular weight excluding hydrogens is 178 g/mol. The van der Waals surface area contributed by atoms with Crippen LogP contribution in [0.3, 0.4) is 0 Å². The summed E-state index contributed by atoms with van der Waals surface area (Å²) in [5, 5.41) is 12.9. The van der Waals surface area contributed by atoms with Crippen molar-refractivity contribution in [2.45, 2.75) is 13.5 Å². The molecule has 0 bridgehead atoms. The first kappa shape index (κ1) is 8.97. The Balaban J connectivity index is 2.55. The molecule has 0 spiro atoms. The van der Waals surface area contributed by atoms with Crippen molar-refractivity contribution in [2.24, 2.45) is 0 Å². The molecule has 3 heteroatoms. The molecule has 0 fully saturated rings. The van der Waals surface area contributed by atoms with E-state index in [0.717, 1.165) is 16.9 Å². The molecule has 1 aromatic heterocycles. The first-order chi connectivity index (χ1) is 6.83. The number of nitrogens with zero attached hydrogens (tertiary/aromatic N) is 1. The summed E-state index contributed by atoms with van der Waals surface area (Å²) in [6.07, 6.45) is 0. The second-order valence-electron chi connectivity index (χ2n) is 3.08. The Kier molecular flexibility index (Phi) is 2.33. The Bertz CT molecular complexity index is 420. The molecule has 2 aromatic rings. The van der Waals surface area contributed by atoms with E-state index < -0.39 is 0 Å². The minimum absolute atomic E-state index is 0.0957. The van der Waals surface area contributed by atoms with Gasteiger partial charge in [0.2, 0.25) is 0 Å². The standard InChI is InChI=1S/C11H11NO2/c1-8-11(10(7-13)12-14-8)9-5-3-2-4-6-9/h2-6,13H,7H2,1H3. The number of rotatable bonds is 2. The van der Waals surface area contributed by atoms with E-state index >= 15 is 0 Å². The number of aryl methyl sites for hydroxylation is 1. The Morgan fingerprint density at radius 1 is 1.29 bits per heavy atom. The van der Waals surface area contributed by atoms with Gasteiger partial charge in [-0.25, -0.2) is 0 Å². The van der Waals surface area contributed by atoms with E-state index in [1.807, 2.05) is 37.3 Å². The maximum Gasteiger partial charge on any atom is 0.141 e. The van der Waals surface area contributed by atoms with Gasteiger partial charge in [0.1, 0.15) is 11.5 Å². The fourth-order valence-corrected chi connectivity index (χ4v) is 1.50. The van der Waals surface area contributed by atoms with Crippen LogP contribution in [0, 0.1) is 6.92 Å². The van der Waals surface area contributed by atoms with Gasteiger partial charge in [-0.3, -0.25) is 0 Å². The van der Waals surface area contributed by atoms with Crippen molar-refractivity contribution in [3.05, 3.63) is 41.8 Å². The summed E-state index contributed by atoms with van der Waals surface area (Å²) >= 11 is 0. The lowest BCUT2D eigenvalue weighted by molar-refractivity contribution is 0.266. The molecule has 0 aliphatic rings.